The minimum absolute atomic E-state index is 0.0243. The van der Waals surface area contributed by atoms with Crippen molar-refractivity contribution in [1.82, 2.24) is 0 Å². The molecule has 0 saturated heterocycles. The number of allylic oxidation sites excluding steroid dienone is 6. The van der Waals surface area contributed by atoms with Crippen LogP contribution in [-0.2, 0) is 17.3 Å². The fourth-order valence-corrected chi connectivity index (χ4v) is 10.6. The maximum absolute atomic E-state index is 2.58. The van der Waals surface area contributed by atoms with E-state index in [0.29, 0.717) is 5.25 Å². The molecular weight excluding hydrogens is 579 g/mol. The summed E-state index contributed by atoms with van der Waals surface area (Å²) in [5.74, 6) is 0. The molecule has 0 fully saturated rings. The highest BCUT2D eigenvalue weighted by Gasteiger charge is 2.47. The van der Waals surface area contributed by atoms with Crippen LogP contribution in [0.1, 0.15) is 42.5 Å². The van der Waals surface area contributed by atoms with Gasteiger partial charge < -0.3 is 4.90 Å². The van der Waals surface area contributed by atoms with Crippen LogP contribution >= 0.6 is 11.8 Å². The summed E-state index contributed by atoms with van der Waals surface area (Å²) in [7, 11) is -1.44. The fourth-order valence-electron chi connectivity index (χ4n) is 7.76. The highest BCUT2D eigenvalue weighted by Crippen LogP contribution is 2.61. The number of nitrogens with zero attached hydrogens (tertiary/aromatic N) is 1. The highest BCUT2D eigenvalue weighted by molar-refractivity contribution is 8.00. The SMILES string of the molecule is CC1(c2ccccc2)C=CC(N(c2ccc([Si](C)(C)C)cc2)c2cc3c(c4c2C2(C)C=CC=CC2S4)-c2ccccc2C3)=CC1. The Balaban J connectivity index is 1.34. The summed E-state index contributed by atoms with van der Waals surface area (Å²) in [6, 6.07) is 32.1. The number of anilines is 2. The van der Waals surface area contributed by atoms with E-state index >= 15 is 0 Å². The molecule has 0 saturated carbocycles. The first-order valence-corrected chi connectivity index (χ1v) is 20.7. The van der Waals surface area contributed by atoms with Crippen LogP contribution in [0.5, 0.6) is 0 Å². The Labute approximate surface area is 274 Å². The molecule has 0 bridgehead atoms. The summed E-state index contributed by atoms with van der Waals surface area (Å²) < 4.78 is 0. The largest absolute Gasteiger partial charge is 0.310 e. The van der Waals surface area contributed by atoms with Gasteiger partial charge in [-0.2, -0.15) is 0 Å². The summed E-state index contributed by atoms with van der Waals surface area (Å²) in [4.78, 5) is 4.05. The number of hydrogen-bond donors (Lipinski definition) is 0. The van der Waals surface area contributed by atoms with Crippen molar-refractivity contribution in [2.75, 3.05) is 4.90 Å². The summed E-state index contributed by atoms with van der Waals surface area (Å²) in [6.45, 7) is 12.1. The Kier molecular flexibility index (Phi) is 6.60. The van der Waals surface area contributed by atoms with Gasteiger partial charge >= 0.3 is 0 Å². The van der Waals surface area contributed by atoms with Crippen molar-refractivity contribution in [3.63, 3.8) is 0 Å². The van der Waals surface area contributed by atoms with Gasteiger partial charge in [0.15, 0.2) is 0 Å². The van der Waals surface area contributed by atoms with E-state index in [2.05, 4.69) is 178 Å². The molecule has 3 unspecified atom stereocenters. The van der Waals surface area contributed by atoms with Crippen LogP contribution in [0.2, 0.25) is 19.6 Å². The van der Waals surface area contributed by atoms with E-state index in [4.69, 9.17) is 0 Å². The lowest BCUT2D eigenvalue weighted by Crippen LogP contribution is -2.37. The van der Waals surface area contributed by atoms with Gasteiger partial charge in [-0.05, 0) is 64.9 Å². The molecular formula is C42H41NSSi. The van der Waals surface area contributed by atoms with Gasteiger partial charge in [-0.1, -0.05) is 142 Å². The van der Waals surface area contributed by atoms with Crippen LogP contribution in [0.4, 0.5) is 11.4 Å². The fraction of sp³-hybridized carbons (Fsp3) is 0.238. The van der Waals surface area contributed by atoms with Crippen LogP contribution < -0.4 is 10.1 Å². The molecule has 224 valence electrons. The van der Waals surface area contributed by atoms with Crippen LogP contribution in [0.25, 0.3) is 11.1 Å². The molecule has 0 radical (unpaired) electrons. The maximum Gasteiger partial charge on any atom is 0.0775 e. The van der Waals surface area contributed by atoms with Gasteiger partial charge in [0.2, 0.25) is 0 Å². The van der Waals surface area contributed by atoms with E-state index in [1.165, 1.54) is 60.5 Å². The zero-order valence-electron chi connectivity index (χ0n) is 27.0. The molecule has 3 heteroatoms. The normalized spacial score (nSPS) is 24.1. The van der Waals surface area contributed by atoms with Gasteiger partial charge in [0, 0.05) is 37.9 Å². The summed E-state index contributed by atoms with van der Waals surface area (Å²) in [6.07, 6.45) is 18.6. The standard InChI is InChI=1S/C42H41NSSi/c1-41(31-14-7-6-8-15-31)25-22-33(23-26-41)43(32-18-20-34(21-19-32)45(3,4)5)36-28-30-27-29-13-9-10-16-35(29)38(30)40-39(36)42(2)24-12-11-17-37(42)44-40/h6-25,28,37H,26-27H2,1-5H3. The van der Waals surface area contributed by atoms with E-state index in [-0.39, 0.29) is 10.8 Å². The van der Waals surface area contributed by atoms with Crippen molar-refractivity contribution >= 4 is 36.4 Å². The van der Waals surface area contributed by atoms with Crippen LogP contribution in [0, 0.1) is 0 Å². The predicted octanol–water partition coefficient (Wildman–Crippen LogP) is 10.6. The van der Waals surface area contributed by atoms with Crippen molar-refractivity contribution < 1.29 is 0 Å². The Morgan fingerprint density at radius 3 is 2.31 bits per heavy atom. The molecule has 4 aliphatic rings. The first-order valence-electron chi connectivity index (χ1n) is 16.3. The minimum atomic E-state index is -1.44. The second kappa shape index (κ2) is 10.4. The molecule has 4 aromatic rings. The van der Waals surface area contributed by atoms with Crippen molar-refractivity contribution in [1.29, 1.82) is 0 Å². The van der Waals surface area contributed by atoms with Gasteiger partial charge in [-0.3, -0.25) is 0 Å². The summed E-state index contributed by atoms with van der Waals surface area (Å²) in [5, 5.41) is 1.87. The maximum atomic E-state index is 2.58. The molecule has 8 rings (SSSR count). The number of hydrogen-bond acceptors (Lipinski definition) is 2. The third-order valence-corrected chi connectivity index (χ3v) is 14.1. The third kappa shape index (κ3) is 4.58. The van der Waals surface area contributed by atoms with Gasteiger partial charge in [0.1, 0.15) is 0 Å². The molecule has 1 nitrogen and oxygen atoms in total. The molecule has 0 N–H and O–H groups in total. The Morgan fingerprint density at radius 1 is 0.822 bits per heavy atom. The molecule has 1 heterocycles. The summed E-state index contributed by atoms with van der Waals surface area (Å²) >= 11 is 2.07. The van der Waals surface area contributed by atoms with E-state index in [1.54, 1.807) is 0 Å². The molecule has 3 atom stereocenters. The minimum Gasteiger partial charge on any atom is -0.310 e. The predicted molar refractivity (Wildman–Crippen MR) is 197 cm³/mol. The van der Waals surface area contributed by atoms with E-state index in [9.17, 15) is 0 Å². The second-order valence-corrected chi connectivity index (χ2v) is 20.8. The average molecular weight is 620 g/mol. The molecule has 4 aromatic carbocycles. The zero-order valence-corrected chi connectivity index (χ0v) is 28.8. The first-order chi connectivity index (χ1) is 21.7. The first kappa shape index (κ1) is 28.7. The van der Waals surface area contributed by atoms with Crippen molar-refractivity contribution in [3.05, 3.63) is 155 Å². The van der Waals surface area contributed by atoms with Gasteiger partial charge in [-0.15, -0.1) is 11.8 Å². The Morgan fingerprint density at radius 2 is 1.58 bits per heavy atom. The molecule has 0 amide bonds. The van der Waals surface area contributed by atoms with E-state index < -0.39 is 8.07 Å². The number of fused-ring (bicyclic) bond motifs is 7. The van der Waals surface area contributed by atoms with Crippen LogP contribution in [0.3, 0.4) is 0 Å². The van der Waals surface area contributed by atoms with Gasteiger partial charge in [0.05, 0.1) is 13.8 Å². The topological polar surface area (TPSA) is 3.24 Å². The Bertz CT molecular complexity index is 1940. The van der Waals surface area contributed by atoms with Crippen molar-refractivity contribution in [3.8, 4) is 11.1 Å². The smallest absolute Gasteiger partial charge is 0.0775 e. The zero-order chi connectivity index (χ0) is 31.0. The number of rotatable bonds is 5. The Hall–Kier alpha value is -3.79. The van der Waals surface area contributed by atoms with Gasteiger partial charge in [-0.25, -0.2) is 0 Å². The third-order valence-electron chi connectivity index (χ3n) is 10.5. The molecule has 45 heavy (non-hydrogen) atoms. The van der Waals surface area contributed by atoms with Crippen LogP contribution in [-0.4, -0.2) is 13.3 Å². The lowest BCUT2D eigenvalue weighted by Gasteiger charge is -2.37. The van der Waals surface area contributed by atoms with E-state index in [1.807, 2.05) is 0 Å². The van der Waals surface area contributed by atoms with Crippen LogP contribution in [0.15, 0.2) is 138 Å². The highest BCUT2D eigenvalue weighted by atomic mass is 32.2. The second-order valence-electron chi connectivity index (χ2n) is 14.6. The molecule has 1 aliphatic heterocycles. The monoisotopic (exact) mass is 619 g/mol. The van der Waals surface area contributed by atoms with Gasteiger partial charge in [0.25, 0.3) is 0 Å². The van der Waals surface area contributed by atoms with Crippen molar-refractivity contribution in [2.24, 2.45) is 0 Å². The molecule has 0 spiro atoms. The lowest BCUT2D eigenvalue weighted by molar-refractivity contribution is 0.594. The van der Waals surface area contributed by atoms with E-state index in [0.717, 1.165) is 12.8 Å². The summed E-state index contributed by atoms with van der Waals surface area (Å²) in [5.41, 5.74) is 12.3. The number of benzene rings is 4. The molecule has 3 aliphatic carbocycles. The average Bonchev–Trinajstić information content (AvgIpc) is 3.57. The molecule has 0 aromatic heterocycles. The quantitative estimate of drug-likeness (QED) is 0.180. The van der Waals surface area contributed by atoms with Crippen molar-refractivity contribution in [2.45, 2.75) is 67.3 Å². The lowest BCUT2D eigenvalue weighted by atomic mass is 9.74. The number of thioether (sulfide) groups is 1.